The van der Waals surface area contributed by atoms with Gasteiger partial charge in [-0.25, -0.2) is 4.98 Å². The molecule has 29 heavy (non-hydrogen) atoms. The summed E-state index contributed by atoms with van der Waals surface area (Å²) in [6.07, 6.45) is 10.2. The number of rotatable bonds is 6. The Morgan fingerprint density at radius 2 is 2.10 bits per heavy atom. The average Bonchev–Trinajstić information content (AvgIpc) is 3.46. The topological polar surface area (TPSA) is 63.3 Å². The molecular formula is C22H29N7. The second kappa shape index (κ2) is 8.94. The lowest BCUT2D eigenvalue weighted by atomic mass is 10.0. The Labute approximate surface area is 172 Å². The molecule has 1 N–H and O–H groups in total. The Hall–Kier alpha value is -3.09. The molecule has 0 radical (unpaired) electrons. The lowest BCUT2D eigenvalue weighted by molar-refractivity contribution is 0.458. The van der Waals surface area contributed by atoms with Crippen LogP contribution in [-0.4, -0.2) is 50.3 Å². The molecule has 0 bridgehead atoms. The van der Waals surface area contributed by atoms with Crippen LogP contribution in [0.3, 0.4) is 0 Å². The first-order chi connectivity index (χ1) is 14.2. The number of likely N-dealkylation sites (tertiary alicyclic amines) is 1. The summed E-state index contributed by atoms with van der Waals surface area (Å²) in [6, 6.07) is 10.5. The maximum atomic E-state index is 4.54. The second-order valence-corrected chi connectivity index (χ2v) is 7.68. The number of hydrogen-bond acceptors (Lipinski definition) is 3. The number of nitrogens with zero attached hydrogens (tertiary/aromatic N) is 6. The molecule has 7 nitrogen and oxygen atoms in total. The Kier molecular flexibility index (Phi) is 5.93. The summed E-state index contributed by atoms with van der Waals surface area (Å²) < 4.78 is 4.06. The van der Waals surface area contributed by atoms with Crippen molar-refractivity contribution in [3.63, 3.8) is 0 Å². The summed E-state index contributed by atoms with van der Waals surface area (Å²) in [4.78, 5) is 11.4. The molecule has 152 valence electrons. The van der Waals surface area contributed by atoms with E-state index in [2.05, 4.69) is 60.3 Å². The van der Waals surface area contributed by atoms with Gasteiger partial charge in [0.25, 0.3) is 0 Å². The molecule has 1 aliphatic rings. The van der Waals surface area contributed by atoms with Gasteiger partial charge in [0.15, 0.2) is 5.96 Å². The van der Waals surface area contributed by atoms with Gasteiger partial charge in [-0.3, -0.25) is 9.67 Å². The summed E-state index contributed by atoms with van der Waals surface area (Å²) in [5.41, 5.74) is 2.58. The molecule has 2 aromatic heterocycles. The van der Waals surface area contributed by atoms with Crippen LogP contribution in [0.5, 0.6) is 0 Å². The molecule has 1 atom stereocenters. The standard InChI is InChI=1S/C22H29N7/c1-23-22(29-10-8-19(17-29)12-20-13-26-27(2)15-20)25-14-21-24-9-11-28(21)16-18-6-4-3-5-7-18/h3-7,9,11,13,15,19H,8,10,12,14,16-17H2,1-2H3,(H,23,25). The monoisotopic (exact) mass is 391 g/mol. The largest absolute Gasteiger partial charge is 0.349 e. The van der Waals surface area contributed by atoms with Crippen LogP contribution in [0.1, 0.15) is 23.4 Å². The van der Waals surface area contributed by atoms with Crippen LogP contribution in [0.15, 0.2) is 60.1 Å². The highest BCUT2D eigenvalue weighted by atomic mass is 15.3. The van der Waals surface area contributed by atoms with E-state index in [4.69, 9.17) is 0 Å². The third kappa shape index (κ3) is 4.85. The van der Waals surface area contributed by atoms with Crippen LogP contribution in [0.25, 0.3) is 0 Å². The number of benzene rings is 1. The first-order valence-corrected chi connectivity index (χ1v) is 10.2. The minimum absolute atomic E-state index is 0.637. The molecule has 1 aromatic carbocycles. The van der Waals surface area contributed by atoms with Gasteiger partial charge in [-0.1, -0.05) is 30.3 Å². The van der Waals surface area contributed by atoms with E-state index in [1.54, 1.807) is 0 Å². The SMILES string of the molecule is CN=C(NCc1nccn1Cc1ccccc1)N1CCC(Cc2cnn(C)c2)C1. The summed E-state index contributed by atoms with van der Waals surface area (Å²) >= 11 is 0. The number of aryl methyl sites for hydroxylation is 1. The van der Waals surface area contributed by atoms with E-state index in [1.165, 1.54) is 17.5 Å². The number of guanidine groups is 1. The molecule has 0 amide bonds. The van der Waals surface area contributed by atoms with Crippen LogP contribution >= 0.6 is 0 Å². The Bertz CT molecular complexity index is 941. The highest BCUT2D eigenvalue weighted by molar-refractivity contribution is 5.80. The van der Waals surface area contributed by atoms with Crippen LogP contribution in [0.4, 0.5) is 0 Å². The Morgan fingerprint density at radius 1 is 1.24 bits per heavy atom. The molecule has 0 aliphatic carbocycles. The number of nitrogens with one attached hydrogen (secondary N) is 1. The first kappa shape index (κ1) is 19.2. The molecule has 0 saturated carbocycles. The zero-order valence-corrected chi connectivity index (χ0v) is 17.2. The molecule has 3 heterocycles. The van der Waals surface area contributed by atoms with Crippen LogP contribution < -0.4 is 5.32 Å². The summed E-state index contributed by atoms with van der Waals surface area (Å²) in [5.74, 6) is 2.60. The zero-order valence-electron chi connectivity index (χ0n) is 17.2. The Morgan fingerprint density at radius 3 is 2.86 bits per heavy atom. The van der Waals surface area contributed by atoms with Crippen molar-refractivity contribution in [3.05, 3.63) is 72.1 Å². The molecule has 0 spiro atoms. The average molecular weight is 392 g/mol. The fourth-order valence-corrected chi connectivity index (χ4v) is 4.02. The van der Waals surface area contributed by atoms with Crippen molar-refractivity contribution in [2.24, 2.45) is 18.0 Å². The van der Waals surface area contributed by atoms with Gasteiger partial charge in [-0.15, -0.1) is 0 Å². The summed E-state index contributed by atoms with van der Waals surface area (Å²) in [5, 5.41) is 7.79. The van der Waals surface area contributed by atoms with E-state index in [0.717, 1.165) is 37.8 Å². The lowest BCUT2D eigenvalue weighted by Crippen LogP contribution is -2.40. The van der Waals surface area contributed by atoms with Gasteiger partial charge in [-0.05, 0) is 29.9 Å². The van der Waals surface area contributed by atoms with Crippen LogP contribution in [0.2, 0.25) is 0 Å². The maximum Gasteiger partial charge on any atom is 0.194 e. The smallest absolute Gasteiger partial charge is 0.194 e. The Balaban J connectivity index is 1.32. The van der Waals surface area contributed by atoms with Gasteiger partial charge >= 0.3 is 0 Å². The molecule has 3 aromatic rings. The van der Waals surface area contributed by atoms with Crippen molar-refractivity contribution >= 4 is 5.96 Å². The van der Waals surface area contributed by atoms with E-state index >= 15 is 0 Å². The van der Waals surface area contributed by atoms with E-state index in [1.807, 2.05) is 43.4 Å². The van der Waals surface area contributed by atoms with Crippen molar-refractivity contribution in [2.75, 3.05) is 20.1 Å². The van der Waals surface area contributed by atoms with Gasteiger partial charge in [0, 0.05) is 52.3 Å². The minimum atomic E-state index is 0.637. The molecule has 7 heteroatoms. The summed E-state index contributed by atoms with van der Waals surface area (Å²) in [6.45, 7) is 3.54. The fraction of sp³-hybridized carbons (Fsp3) is 0.409. The quantitative estimate of drug-likeness (QED) is 0.517. The van der Waals surface area contributed by atoms with Crippen molar-refractivity contribution in [3.8, 4) is 0 Å². The normalized spacial score (nSPS) is 17.1. The third-order valence-electron chi connectivity index (χ3n) is 5.48. The number of hydrogen-bond donors (Lipinski definition) is 1. The third-order valence-corrected chi connectivity index (χ3v) is 5.48. The van der Waals surface area contributed by atoms with Gasteiger partial charge in [0.2, 0.25) is 0 Å². The number of aliphatic imine (C=N–C) groups is 1. The number of aromatic nitrogens is 4. The van der Waals surface area contributed by atoms with Gasteiger partial charge in [-0.2, -0.15) is 5.10 Å². The van der Waals surface area contributed by atoms with Crippen molar-refractivity contribution in [1.82, 2.24) is 29.5 Å². The van der Waals surface area contributed by atoms with Crippen molar-refractivity contribution in [2.45, 2.75) is 25.9 Å². The van der Waals surface area contributed by atoms with E-state index in [0.29, 0.717) is 12.5 Å². The highest BCUT2D eigenvalue weighted by Crippen LogP contribution is 2.20. The molecule has 4 rings (SSSR count). The van der Waals surface area contributed by atoms with E-state index in [9.17, 15) is 0 Å². The zero-order chi connectivity index (χ0) is 20.1. The number of imidazole rings is 1. The van der Waals surface area contributed by atoms with E-state index in [-0.39, 0.29) is 0 Å². The predicted octanol–water partition coefficient (Wildman–Crippen LogP) is 2.30. The molecule has 1 fully saturated rings. The fourth-order valence-electron chi connectivity index (χ4n) is 4.02. The predicted molar refractivity (Wildman–Crippen MR) is 115 cm³/mol. The van der Waals surface area contributed by atoms with Gasteiger partial charge in [0.05, 0.1) is 12.7 Å². The van der Waals surface area contributed by atoms with Crippen LogP contribution in [-0.2, 0) is 26.6 Å². The van der Waals surface area contributed by atoms with Gasteiger partial charge in [0.1, 0.15) is 5.82 Å². The maximum absolute atomic E-state index is 4.54. The second-order valence-electron chi connectivity index (χ2n) is 7.68. The summed E-state index contributed by atoms with van der Waals surface area (Å²) in [7, 11) is 3.82. The molecular weight excluding hydrogens is 362 g/mol. The van der Waals surface area contributed by atoms with Crippen LogP contribution in [0, 0.1) is 5.92 Å². The molecule has 1 unspecified atom stereocenters. The van der Waals surface area contributed by atoms with Crippen molar-refractivity contribution < 1.29 is 0 Å². The first-order valence-electron chi connectivity index (χ1n) is 10.2. The lowest BCUT2D eigenvalue weighted by Gasteiger charge is -2.22. The highest BCUT2D eigenvalue weighted by Gasteiger charge is 2.25. The van der Waals surface area contributed by atoms with Crippen molar-refractivity contribution in [1.29, 1.82) is 0 Å². The van der Waals surface area contributed by atoms with E-state index < -0.39 is 0 Å². The minimum Gasteiger partial charge on any atom is -0.349 e. The molecule has 1 saturated heterocycles. The van der Waals surface area contributed by atoms with Gasteiger partial charge < -0.3 is 14.8 Å². The molecule has 1 aliphatic heterocycles.